The van der Waals surface area contributed by atoms with Crippen LogP contribution in [0.5, 0.6) is 5.75 Å². The van der Waals surface area contributed by atoms with Gasteiger partial charge in [0.1, 0.15) is 5.75 Å². The lowest BCUT2D eigenvalue weighted by Gasteiger charge is -2.33. The normalized spacial score (nSPS) is 15.7. The molecule has 1 aliphatic rings. The Morgan fingerprint density at radius 1 is 0.841 bits per heavy atom. The zero-order valence-corrected chi connectivity index (χ0v) is 35.5. The van der Waals surface area contributed by atoms with Crippen molar-refractivity contribution in [3.05, 3.63) is 194 Å². The highest BCUT2D eigenvalue weighted by atomic mass is 32.1. The molecule has 7 aromatic rings. The van der Waals surface area contributed by atoms with Gasteiger partial charge in [-0.3, -0.25) is 14.5 Å². The quantitative estimate of drug-likeness (QED) is 0.0544. The molecule has 1 aliphatic heterocycles. The molecule has 12 heteroatoms. The van der Waals surface area contributed by atoms with Crippen LogP contribution in [0.25, 0.3) is 21.3 Å². The van der Waals surface area contributed by atoms with E-state index in [0.29, 0.717) is 40.7 Å². The number of thiophene rings is 1. The Balaban J connectivity index is 0.861. The number of aliphatic hydroxyl groups is 2. The second-order valence-electron chi connectivity index (χ2n) is 16.1. The maximum absolute atomic E-state index is 14.0. The third-order valence-electron chi connectivity index (χ3n) is 11.6. The van der Waals surface area contributed by atoms with Crippen molar-refractivity contribution in [2.45, 2.75) is 44.2 Å². The van der Waals surface area contributed by atoms with E-state index >= 15 is 0 Å². The van der Waals surface area contributed by atoms with Crippen LogP contribution in [0.1, 0.15) is 62.0 Å². The molecule has 0 spiro atoms. The molecule has 63 heavy (non-hydrogen) atoms. The summed E-state index contributed by atoms with van der Waals surface area (Å²) < 4.78 is 5.98. The number of likely N-dealkylation sites (tertiary alicyclic amines) is 1. The predicted molar refractivity (Wildman–Crippen MR) is 245 cm³/mol. The standard InChI is InChI=1S/C51H50N4O7S/c56-44-23-21-42(43-22-25-47(58)54-48(43)44)45(57)30-52-28-34-16-18-37(19-17-34)49(59)53-29-41-20-24-46(63-41)38-12-7-15-40(27-38)51(61,39-13-5-2-6-14-39)50(60)62-33-36-11-8-26-55(32-36)31-35-9-3-1-4-10-35/h1-7,9-10,12-25,27,36,45,52,56-57,61H,8,11,26,28-33H2,(H,53,59)(H,54,58)/t36-,45-,51?/m0/s1. The van der Waals surface area contributed by atoms with Crippen LogP contribution < -0.4 is 16.2 Å². The minimum atomic E-state index is -2.02. The van der Waals surface area contributed by atoms with E-state index in [2.05, 4.69) is 32.7 Å². The van der Waals surface area contributed by atoms with Gasteiger partial charge in [-0.25, -0.2) is 4.79 Å². The van der Waals surface area contributed by atoms with E-state index in [1.54, 1.807) is 54.6 Å². The van der Waals surface area contributed by atoms with Crippen molar-refractivity contribution in [2.24, 2.45) is 5.92 Å². The van der Waals surface area contributed by atoms with Crippen LogP contribution in [-0.4, -0.2) is 63.3 Å². The van der Waals surface area contributed by atoms with Crippen molar-refractivity contribution in [1.82, 2.24) is 20.5 Å². The second-order valence-corrected chi connectivity index (χ2v) is 17.2. The highest BCUT2D eigenvalue weighted by molar-refractivity contribution is 7.15. The van der Waals surface area contributed by atoms with Crippen molar-refractivity contribution < 1.29 is 29.6 Å². The van der Waals surface area contributed by atoms with E-state index in [1.807, 2.05) is 66.7 Å². The molecule has 322 valence electrons. The third-order valence-corrected chi connectivity index (χ3v) is 12.7. The molecule has 8 rings (SSSR count). The molecule has 0 bridgehead atoms. The molecule has 5 aromatic carbocycles. The van der Waals surface area contributed by atoms with E-state index in [4.69, 9.17) is 4.74 Å². The molecule has 11 nitrogen and oxygen atoms in total. The number of nitrogens with zero attached hydrogens (tertiary/aromatic N) is 1. The summed E-state index contributed by atoms with van der Waals surface area (Å²) in [4.78, 5) is 45.8. The zero-order chi connectivity index (χ0) is 43.8. The number of benzene rings is 5. The van der Waals surface area contributed by atoms with Crippen LogP contribution >= 0.6 is 11.3 Å². The highest BCUT2D eigenvalue weighted by Gasteiger charge is 2.42. The lowest BCUT2D eigenvalue weighted by molar-refractivity contribution is -0.164. The smallest absolute Gasteiger partial charge is 0.347 e. The van der Waals surface area contributed by atoms with Gasteiger partial charge in [0.05, 0.1) is 24.8 Å². The molecule has 1 fully saturated rings. The van der Waals surface area contributed by atoms with Crippen molar-refractivity contribution in [3.63, 3.8) is 0 Å². The van der Waals surface area contributed by atoms with Gasteiger partial charge in [0.15, 0.2) is 0 Å². The van der Waals surface area contributed by atoms with Crippen LogP contribution in [0.4, 0.5) is 0 Å². The summed E-state index contributed by atoms with van der Waals surface area (Å²) in [5.41, 5.74) is 2.84. The fourth-order valence-corrected chi connectivity index (χ4v) is 9.18. The summed E-state index contributed by atoms with van der Waals surface area (Å²) in [6.07, 6.45) is 1.08. The number of carbonyl (C=O) groups excluding carboxylic acids is 2. The molecule has 0 aliphatic carbocycles. The molecule has 2 aromatic heterocycles. The van der Waals surface area contributed by atoms with Gasteiger partial charge in [-0.15, -0.1) is 11.3 Å². The van der Waals surface area contributed by atoms with Crippen LogP contribution in [0.2, 0.25) is 0 Å². The van der Waals surface area contributed by atoms with Crippen LogP contribution in [-0.2, 0) is 34.8 Å². The fourth-order valence-electron chi connectivity index (χ4n) is 8.23. The van der Waals surface area contributed by atoms with Gasteiger partial charge in [-0.2, -0.15) is 0 Å². The first-order chi connectivity index (χ1) is 30.6. The number of hydrogen-bond donors (Lipinski definition) is 6. The van der Waals surface area contributed by atoms with Gasteiger partial charge < -0.3 is 35.7 Å². The number of aromatic amines is 1. The van der Waals surface area contributed by atoms with Crippen molar-refractivity contribution in [2.75, 3.05) is 26.2 Å². The Bertz CT molecular complexity index is 2720. The van der Waals surface area contributed by atoms with Crippen molar-refractivity contribution >= 4 is 34.1 Å². The first kappa shape index (κ1) is 43.2. The first-order valence-corrected chi connectivity index (χ1v) is 22.0. The Kier molecular flexibility index (Phi) is 13.6. The summed E-state index contributed by atoms with van der Waals surface area (Å²) in [5.74, 6) is -0.830. The molecule has 3 atom stereocenters. The molecule has 0 saturated carbocycles. The number of fused-ring (bicyclic) bond motifs is 1. The molecule has 1 unspecified atom stereocenters. The summed E-state index contributed by atoms with van der Waals surface area (Å²) in [5, 5.41) is 40.2. The highest BCUT2D eigenvalue weighted by Crippen LogP contribution is 2.36. The van der Waals surface area contributed by atoms with Gasteiger partial charge in [-0.05, 0) is 89.7 Å². The average Bonchev–Trinajstić information content (AvgIpc) is 3.80. The number of carbonyl (C=O) groups is 2. The number of hydrogen-bond acceptors (Lipinski definition) is 10. The van der Waals surface area contributed by atoms with Crippen LogP contribution in [0, 0.1) is 5.92 Å². The number of esters is 1. The third kappa shape index (κ3) is 10.3. The number of piperidine rings is 1. The van der Waals surface area contributed by atoms with Crippen LogP contribution in [0.3, 0.4) is 0 Å². The van der Waals surface area contributed by atoms with Crippen LogP contribution in [0.15, 0.2) is 150 Å². The first-order valence-electron chi connectivity index (χ1n) is 21.2. The van der Waals surface area contributed by atoms with E-state index < -0.39 is 17.7 Å². The van der Waals surface area contributed by atoms with Gasteiger partial charge in [0.2, 0.25) is 11.2 Å². The predicted octanol–water partition coefficient (Wildman–Crippen LogP) is 7.41. The van der Waals surface area contributed by atoms with Gasteiger partial charge in [0, 0.05) is 64.4 Å². The van der Waals surface area contributed by atoms with Gasteiger partial charge in [-0.1, -0.05) is 97.1 Å². The molecule has 1 saturated heterocycles. The second kappa shape index (κ2) is 19.7. The molecule has 6 N–H and O–H groups in total. The lowest BCUT2D eigenvalue weighted by Crippen LogP contribution is -2.41. The van der Waals surface area contributed by atoms with Gasteiger partial charge >= 0.3 is 5.97 Å². The molecule has 1 amide bonds. The van der Waals surface area contributed by atoms with Crippen molar-refractivity contribution in [1.29, 1.82) is 0 Å². The Morgan fingerprint density at radius 3 is 2.40 bits per heavy atom. The number of phenolic OH excluding ortho intramolecular Hbond substituents is 1. The number of H-pyrrole nitrogens is 1. The molecule has 3 heterocycles. The fraction of sp³-hybridized carbons (Fsp3) is 0.235. The number of aromatic nitrogens is 1. The number of rotatable bonds is 16. The average molecular weight is 863 g/mol. The summed E-state index contributed by atoms with van der Waals surface area (Å²) in [6.45, 7) is 3.87. The molecular weight excluding hydrogens is 813 g/mol. The van der Waals surface area contributed by atoms with E-state index in [9.17, 15) is 29.7 Å². The Labute approximate surface area is 369 Å². The number of pyridine rings is 1. The zero-order valence-electron chi connectivity index (χ0n) is 34.7. The maximum Gasteiger partial charge on any atom is 0.347 e. The maximum atomic E-state index is 14.0. The van der Waals surface area contributed by atoms with Crippen molar-refractivity contribution in [3.8, 4) is 16.2 Å². The summed E-state index contributed by atoms with van der Waals surface area (Å²) >= 11 is 1.52. The number of ether oxygens (including phenoxy) is 1. The number of aliphatic hydroxyl groups excluding tert-OH is 1. The van der Waals surface area contributed by atoms with E-state index in [0.717, 1.165) is 53.4 Å². The number of phenols is 1. The summed E-state index contributed by atoms with van der Waals surface area (Å²) in [6, 6.07) is 43.8. The largest absolute Gasteiger partial charge is 0.506 e. The Hall–Kier alpha value is -6.41. The Morgan fingerprint density at radius 2 is 1.60 bits per heavy atom. The lowest BCUT2D eigenvalue weighted by atomic mass is 9.85. The van der Waals surface area contributed by atoms with E-state index in [1.165, 1.54) is 29.0 Å². The molecular formula is C51H50N4O7S. The minimum Gasteiger partial charge on any atom is -0.506 e. The number of nitrogens with one attached hydrogen (secondary N) is 3. The van der Waals surface area contributed by atoms with Gasteiger partial charge in [0.25, 0.3) is 5.91 Å². The monoisotopic (exact) mass is 862 g/mol. The van der Waals surface area contributed by atoms with E-state index in [-0.39, 0.29) is 41.8 Å². The summed E-state index contributed by atoms with van der Waals surface area (Å²) in [7, 11) is 0. The molecule has 0 radical (unpaired) electrons. The minimum absolute atomic E-state index is 0.0654. The SMILES string of the molecule is O=C(NCc1ccc(-c2cccc(C(O)(C(=O)OC[C@H]3CCCN(Cc4ccccc4)C3)c3ccccc3)c2)s1)c1ccc(CNC[C@H](O)c2ccc(O)c3[nH]c(=O)ccc23)cc1. The topological polar surface area (TPSA) is 164 Å². The number of aromatic hydroxyl groups is 1. The number of amides is 1.